The summed E-state index contributed by atoms with van der Waals surface area (Å²) in [7, 11) is 0. The summed E-state index contributed by atoms with van der Waals surface area (Å²) in [6, 6.07) is 13.7. The molecule has 0 saturated heterocycles. The van der Waals surface area contributed by atoms with Gasteiger partial charge in [-0.25, -0.2) is 4.98 Å². The molecule has 0 atom stereocenters. The van der Waals surface area contributed by atoms with Crippen molar-refractivity contribution in [2.75, 3.05) is 0 Å². The highest BCUT2D eigenvalue weighted by molar-refractivity contribution is 7.98. The van der Waals surface area contributed by atoms with Crippen molar-refractivity contribution < 1.29 is 13.7 Å². The summed E-state index contributed by atoms with van der Waals surface area (Å²) in [5.41, 5.74) is 3.98. The van der Waals surface area contributed by atoms with E-state index in [0.29, 0.717) is 16.9 Å². The molecule has 35 heavy (non-hydrogen) atoms. The van der Waals surface area contributed by atoms with E-state index in [1.165, 1.54) is 0 Å². The first-order valence-corrected chi connectivity index (χ1v) is 12.0. The summed E-state index contributed by atoms with van der Waals surface area (Å²) in [6.45, 7) is 0. The SMILES string of the molecule is [2H]c1c([2H])c([2H])c(-c2cccc(-c3c([2H])c([2H])c([2H])c([2H])c3[2H])c2-c2ccc3c(c2)-n2c(nc4ccccc42)CS3)c([2H])c1[2H]. The van der Waals surface area contributed by atoms with E-state index < -0.39 is 60.4 Å². The van der Waals surface area contributed by atoms with E-state index in [0.717, 1.165) is 27.4 Å². The zero-order chi connectivity index (χ0) is 31.9. The summed E-state index contributed by atoms with van der Waals surface area (Å²) in [6.07, 6.45) is 0. The third-order valence-electron chi connectivity index (χ3n) is 6.08. The Balaban J connectivity index is 1.61. The van der Waals surface area contributed by atoms with Crippen LogP contribution in [0.5, 0.6) is 0 Å². The van der Waals surface area contributed by atoms with E-state index in [1.807, 2.05) is 42.5 Å². The highest BCUT2D eigenvalue weighted by Gasteiger charge is 2.22. The van der Waals surface area contributed by atoms with Crippen LogP contribution in [0.4, 0.5) is 0 Å². The Kier molecular flexibility index (Phi) is 2.98. The topological polar surface area (TPSA) is 17.8 Å². The van der Waals surface area contributed by atoms with Crippen molar-refractivity contribution in [2.24, 2.45) is 0 Å². The fourth-order valence-electron chi connectivity index (χ4n) is 4.60. The summed E-state index contributed by atoms with van der Waals surface area (Å²) >= 11 is 1.63. The minimum Gasteiger partial charge on any atom is -0.294 e. The molecule has 0 spiro atoms. The van der Waals surface area contributed by atoms with Crippen LogP contribution in [-0.2, 0) is 5.75 Å². The van der Waals surface area contributed by atoms with Crippen molar-refractivity contribution >= 4 is 22.8 Å². The maximum absolute atomic E-state index is 8.76. The van der Waals surface area contributed by atoms with E-state index in [1.54, 1.807) is 30.0 Å². The highest BCUT2D eigenvalue weighted by atomic mass is 32.2. The van der Waals surface area contributed by atoms with Crippen LogP contribution in [-0.4, -0.2) is 9.55 Å². The fourth-order valence-corrected chi connectivity index (χ4v) is 5.54. The maximum Gasteiger partial charge on any atom is 0.124 e. The number of hydrogen-bond acceptors (Lipinski definition) is 2. The molecule has 166 valence electrons. The number of benzene rings is 5. The van der Waals surface area contributed by atoms with Gasteiger partial charge in [-0.05, 0) is 57.6 Å². The van der Waals surface area contributed by atoms with Gasteiger partial charge in [-0.2, -0.15) is 0 Å². The number of hydrogen-bond donors (Lipinski definition) is 0. The number of fused-ring (bicyclic) bond motifs is 5. The first-order chi connectivity index (χ1) is 21.5. The average molecular weight is 477 g/mol. The zero-order valence-electron chi connectivity index (χ0n) is 28.3. The van der Waals surface area contributed by atoms with E-state index in [9.17, 15) is 0 Å². The lowest BCUT2D eigenvalue weighted by Gasteiger charge is -2.22. The van der Waals surface area contributed by atoms with E-state index in [2.05, 4.69) is 4.57 Å². The third kappa shape index (κ3) is 3.39. The smallest absolute Gasteiger partial charge is 0.124 e. The Morgan fingerprint density at radius 2 is 1.40 bits per heavy atom. The Hall–Kier alpha value is -4.08. The van der Waals surface area contributed by atoms with Gasteiger partial charge in [0, 0.05) is 4.90 Å². The molecular weight excluding hydrogens is 444 g/mol. The van der Waals surface area contributed by atoms with E-state index >= 15 is 0 Å². The van der Waals surface area contributed by atoms with Crippen LogP contribution in [0.3, 0.4) is 0 Å². The molecule has 5 aromatic carbocycles. The van der Waals surface area contributed by atoms with Gasteiger partial charge in [0.1, 0.15) is 5.82 Å². The van der Waals surface area contributed by atoms with Gasteiger partial charge in [0.15, 0.2) is 0 Å². The lowest BCUT2D eigenvalue weighted by Crippen LogP contribution is -2.06. The second-order valence-corrected chi connectivity index (χ2v) is 9.07. The van der Waals surface area contributed by atoms with E-state index in [4.69, 9.17) is 18.7 Å². The molecule has 1 aromatic heterocycles. The molecule has 2 heterocycles. The van der Waals surface area contributed by atoms with Crippen LogP contribution in [0.25, 0.3) is 50.1 Å². The first kappa shape index (κ1) is 12.6. The molecule has 6 aromatic rings. The molecule has 0 amide bonds. The Morgan fingerprint density at radius 1 is 0.714 bits per heavy atom. The summed E-state index contributed by atoms with van der Waals surface area (Å²) in [5, 5.41) is 0. The van der Waals surface area contributed by atoms with Gasteiger partial charge < -0.3 is 0 Å². The molecule has 0 fully saturated rings. The molecule has 0 saturated carbocycles. The minimum atomic E-state index is -0.526. The van der Waals surface area contributed by atoms with Crippen molar-refractivity contribution in [1.29, 1.82) is 0 Å². The summed E-state index contributed by atoms with van der Waals surface area (Å²) < 4.78 is 86.7. The van der Waals surface area contributed by atoms with Crippen molar-refractivity contribution in [3.8, 4) is 39.1 Å². The van der Waals surface area contributed by atoms with Gasteiger partial charge >= 0.3 is 0 Å². The van der Waals surface area contributed by atoms with Crippen molar-refractivity contribution in [3.63, 3.8) is 0 Å². The first-order valence-electron chi connectivity index (χ1n) is 16.0. The molecule has 0 radical (unpaired) electrons. The number of aromatic nitrogens is 2. The van der Waals surface area contributed by atoms with Gasteiger partial charge in [-0.1, -0.05) is 96.8 Å². The van der Waals surface area contributed by atoms with Gasteiger partial charge in [-0.15, -0.1) is 11.8 Å². The van der Waals surface area contributed by atoms with Crippen LogP contribution in [0, 0.1) is 0 Å². The number of thioether (sulfide) groups is 1. The largest absolute Gasteiger partial charge is 0.294 e. The van der Waals surface area contributed by atoms with Crippen LogP contribution in [0.1, 0.15) is 19.5 Å². The summed E-state index contributed by atoms with van der Waals surface area (Å²) in [4.78, 5) is 5.80. The predicted molar refractivity (Wildman–Crippen MR) is 147 cm³/mol. The van der Waals surface area contributed by atoms with Crippen LogP contribution < -0.4 is 0 Å². The quantitative estimate of drug-likeness (QED) is 0.254. The van der Waals surface area contributed by atoms with Crippen molar-refractivity contribution in [3.05, 3.63) is 127 Å². The third-order valence-corrected chi connectivity index (χ3v) is 7.14. The van der Waals surface area contributed by atoms with Crippen LogP contribution >= 0.6 is 11.8 Å². The van der Waals surface area contributed by atoms with Crippen LogP contribution in [0.2, 0.25) is 0 Å². The van der Waals surface area contributed by atoms with Gasteiger partial charge in [0.2, 0.25) is 0 Å². The molecule has 1 aliphatic heterocycles. The molecule has 0 N–H and O–H groups in total. The molecule has 0 bridgehead atoms. The zero-order valence-corrected chi connectivity index (χ0v) is 19.1. The molecular formula is C32H22N2S. The molecule has 0 unspecified atom stereocenters. The number of nitrogens with zero attached hydrogens (tertiary/aromatic N) is 2. The molecule has 0 aliphatic carbocycles. The molecule has 1 aliphatic rings. The second-order valence-electron chi connectivity index (χ2n) is 8.05. The molecule has 7 rings (SSSR count). The molecule has 3 heteroatoms. The Morgan fingerprint density at radius 3 is 2.11 bits per heavy atom. The standard InChI is InChI=1S/C32H22N2S/c1-3-10-22(11-4-1)25-14-9-15-26(23-12-5-2-6-13-23)32(25)24-18-19-30-29(20-24)34-28-17-8-7-16-27(28)33-31(34)21-35-30/h1-20H,21H2/i1D,2D,3D,4D,5D,6D,10D,11D,12D,13D. The molecule has 2 nitrogen and oxygen atoms in total. The maximum atomic E-state index is 8.76. The Bertz CT molecular complexity index is 2100. The number of rotatable bonds is 3. The van der Waals surface area contributed by atoms with Gasteiger partial charge in [0.25, 0.3) is 0 Å². The van der Waals surface area contributed by atoms with Crippen LogP contribution in [0.15, 0.2) is 126 Å². The number of imidazole rings is 1. The van der Waals surface area contributed by atoms with Crippen molar-refractivity contribution in [2.45, 2.75) is 10.6 Å². The second kappa shape index (κ2) is 8.30. The average Bonchev–Trinajstić information content (AvgIpc) is 3.44. The monoisotopic (exact) mass is 476 g/mol. The Labute approximate surface area is 223 Å². The minimum absolute atomic E-state index is 0.0499. The lowest BCUT2D eigenvalue weighted by molar-refractivity contribution is 0.946. The highest BCUT2D eigenvalue weighted by Crippen LogP contribution is 2.44. The lowest BCUT2D eigenvalue weighted by atomic mass is 9.87. The predicted octanol–water partition coefficient (Wildman–Crippen LogP) is 8.63. The fraction of sp³-hybridized carbons (Fsp3) is 0.0312. The number of para-hydroxylation sites is 2. The van der Waals surface area contributed by atoms with Gasteiger partial charge in [-0.3, -0.25) is 4.57 Å². The van der Waals surface area contributed by atoms with Gasteiger partial charge in [0.05, 0.1) is 36.2 Å². The van der Waals surface area contributed by atoms with E-state index in [-0.39, 0.29) is 22.3 Å². The normalized spacial score (nSPS) is 16.3. The van der Waals surface area contributed by atoms with Crippen molar-refractivity contribution in [1.82, 2.24) is 9.55 Å². The summed E-state index contributed by atoms with van der Waals surface area (Å²) in [5.74, 6) is 1.52.